The van der Waals surface area contributed by atoms with Gasteiger partial charge in [0.05, 0.1) is 0 Å². The second-order valence-corrected chi connectivity index (χ2v) is 3.64. The molecule has 0 unspecified atom stereocenters. The minimum atomic E-state index is 0.441. The normalized spacial score (nSPS) is 23.4. The van der Waals surface area contributed by atoms with Crippen molar-refractivity contribution in [1.29, 1.82) is 0 Å². The molecule has 60 valence electrons. The standard InChI is InChI=1S/C8H16ClN/c1-10-7-8(6-9)4-2-3-5-8/h10H,2-7H2,1H3. The molecular formula is C8H16ClN. The van der Waals surface area contributed by atoms with Gasteiger partial charge in [0.2, 0.25) is 0 Å². The molecule has 0 aromatic rings. The molecule has 0 heterocycles. The topological polar surface area (TPSA) is 12.0 Å². The number of alkyl halides is 1. The van der Waals surface area contributed by atoms with Gasteiger partial charge < -0.3 is 5.32 Å². The zero-order chi connectivity index (χ0) is 7.45. The summed E-state index contributed by atoms with van der Waals surface area (Å²) in [7, 11) is 2.01. The predicted octanol–water partition coefficient (Wildman–Crippen LogP) is 2.00. The highest BCUT2D eigenvalue weighted by Gasteiger charge is 2.31. The number of hydrogen-bond acceptors (Lipinski definition) is 1. The van der Waals surface area contributed by atoms with Crippen LogP contribution in [0.2, 0.25) is 0 Å². The van der Waals surface area contributed by atoms with Gasteiger partial charge in [-0.15, -0.1) is 11.6 Å². The summed E-state index contributed by atoms with van der Waals surface area (Å²) in [6, 6.07) is 0. The molecule has 0 amide bonds. The Morgan fingerprint density at radius 3 is 2.40 bits per heavy atom. The zero-order valence-electron chi connectivity index (χ0n) is 6.62. The quantitative estimate of drug-likeness (QED) is 0.625. The van der Waals surface area contributed by atoms with Crippen molar-refractivity contribution in [1.82, 2.24) is 5.32 Å². The van der Waals surface area contributed by atoms with Crippen molar-refractivity contribution in [3.63, 3.8) is 0 Å². The van der Waals surface area contributed by atoms with Crippen LogP contribution in [0.4, 0.5) is 0 Å². The fraction of sp³-hybridized carbons (Fsp3) is 1.00. The summed E-state index contributed by atoms with van der Waals surface area (Å²) in [5, 5.41) is 3.22. The average molecular weight is 162 g/mol. The molecule has 1 fully saturated rings. The lowest BCUT2D eigenvalue weighted by atomic mass is 9.89. The van der Waals surface area contributed by atoms with Crippen LogP contribution in [-0.4, -0.2) is 19.5 Å². The van der Waals surface area contributed by atoms with Gasteiger partial charge in [-0.3, -0.25) is 0 Å². The SMILES string of the molecule is CNCC1(CCl)CCCC1. The van der Waals surface area contributed by atoms with Crippen LogP contribution < -0.4 is 5.32 Å². The summed E-state index contributed by atoms with van der Waals surface area (Å²) in [6.07, 6.45) is 5.37. The van der Waals surface area contributed by atoms with Crippen LogP contribution in [0.3, 0.4) is 0 Å². The van der Waals surface area contributed by atoms with Gasteiger partial charge in [-0.05, 0) is 25.3 Å². The Balaban J connectivity index is 2.41. The van der Waals surface area contributed by atoms with Crippen LogP contribution in [0.5, 0.6) is 0 Å². The summed E-state index contributed by atoms with van der Waals surface area (Å²) in [5.74, 6) is 0.827. The smallest absolute Gasteiger partial charge is 0.0292 e. The molecular weight excluding hydrogens is 146 g/mol. The van der Waals surface area contributed by atoms with E-state index >= 15 is 0 Å². The maximum atomic E-state index is 5.90. The monoisotopic (exact) mass is 161 g/mol. The van der Waals surface area contributed by atoms with E-state index in [1.807, 2.05) is 7.05 Å². The van der Waals surface area contributed by atoms with Crippen molar-refractivity contribution in [2.24, 2.45) is 5.41 Å². The molecule has 0 saturated heterocycles. The maximum Gasteiger partial charge on any atom is 0.0292 e. The summed E-state index contributed by atoms with van der Waals surface area (Å²) in [4.78, 5) is 0. The van der Waals surface area contributed by atoms with E-state index in [0.717, 1.165) is 12.4 Å². The Labute approximate surface area is 68.1 Å². The lowest BCUT2D eigenvalue weighted by Crippen LogP contribution is -2.31. The lowest BCUT2D eigenvalue weighted by Gasteiger charge is -2.25. The van der Waals surface area contributed by atoms with Gasteiger partial charge in [-0.1, -0.05) is 12.8 Å². The van der Waals surface area contributed by atoms with Gasteiger partial charge >= 0.3 is 0 Å². The summed E-state index contributed by atoms with van der Waals surface area (Å²) in [5.41, 5.74) is 0.441. The van der Waals surface area contributed by atoms with E-state index in [2.05, 4.69) is 5.32 Å². The van der Waals surface area contributed by atoms with E-state index in [1.165, 1.54) is 25.7 Å². The molecule has 2 heteroatoms. The molecule has 0 atom stereocenters. The lowest BCUT2D eigenvalue weighted by molar-refractivity contribution is 0.331. The second-order valence-electron chi connectivity index (χ2n) is 3.37. The molecule has 1 aliphatic rings. The number of halogens is 1. The Bertz CT molecular complexity index is 97.4. The van der Waals surface area contributed by atoms with Crippen molar-refractivity contribution < 1.29 is 0 Å². The maximum absolute atomic E-state index is 5.90. The van der Waals surface area contributed by atoms with Gasteiger partial charge in [-0.25, -0.2) is 0 Å². The highest BCUT2D eigenvalue weighted by molar-refractivity contribution is 6.18. The van der Waals surface area contributed by atoms with Crippen LogP contribution >= 0.6 is 11.6 Å². The highest BCUT2D eigenvalue weighted by atomic mass is 35.5. The summed E-state index contributed by atoms with van der Waals surface area (Å²) >= 11 is 5.90. The zero-order valence-corrected chi connectivity index (χ0v) is 7.38. The van der Waals surface area contributed by atoms with Gasteiger partial charge in [0.1, 0.15) is 0 Å². The molecule has 0 bridgehead atoms. The number of rotatable bonds is 3. The average Bonchev–Trinajstić information content (AvgIpc) is 2.39. The Hall–Kier alpha value is 0.250. The first kappa shape index (κ1) is 8.35. The number of hydrogen-bond donors (Lipinski definition) is 1. The van der Waals surface area contributed by atoms with E-state index in [0.29, 0.717) is 5.41 Å². The first-order chi connectivity index (χ1) is 4.83. The molecule has 1 nitrogen and oxygen atoms in total. The van der Waals surface area contributed by atoms with Gasteiger partial charge in [0.25, 0.3) is 0 Å². The molecule has 0 spiro atoms. The van der Waals surface area contributed by atoms with Gasteiger partial charge in [0, 0.05) is 12.4 Å². The predicted molar refractivity (Wildman–Crippen MR) is 45.5 cm³/mol. The molecule has 1 aliphatic carbocycles. The molecule has 1 rings (SSSR count). The van der Waals surface area contributed by atoms with Crippen molar-refractivity contribution in [3.05, 3.63) is 0 Å². The van der Waals surface area contributed by atoms with Crippen molar-refractivity contribution in [2.45, 2.75) is 25.7 Å². The minimum Gasteiger partial charge on any atom is -0.319 e. The Morgan fingerprint density at radius 2 is 2.00 bits per heavy atom. The third kappa shape index (κ3) is 1.64. The molecule has 1 saturated carbocycles. The van der Waals surface area contributed by atoms with Crippen LogP contribution in [0, 0.1) is 5.41 Å². The first-order valence-electron chi connectivity index (χ1n) is 4.04. The van der Waals surface area contributed by atoms with E-state index in [4.69, 9.17) is 11.6 Å². The molecule has 0 aromatic carbocycles. The van der Waals surface area contributed by atoms with Crippen molar-refractivity contribution in [2.75, 3.05) is 19.5 Å². The second kappa shape index (κ2) is 3.59. The fourth-order valence-corrected chi connectivity index (χ4v) is 2.22. The third-order valence-electron chi connectivity index (χ3n) is 2.50. The Kier molecular flexibility index (Phi) is 2.99. The molecule has 1 N–H and O–H groups in total. The van der Waals surface area contributed by atoms with Crippen LogP contribution in [-0.2, 0) is 0 Å². The van der Waals surface area contributed by atoms with Crippen LogP contribution in [0.15, 0.2) is 0 Å². The molecule has 0 aromatic heterocycles. The molecule has 0 radical (unpaired) electrons. The minimum absolute atomic E-state index is 0.441. The molecule has 10 heavy (non-hydrogen) atoms. The van der Waals surface area contributed by atoms with E-state index in [-0.39, 0.29) is 0 Å². The van der Waals surface area contributed by atoms with E-state index < -0.39 is 0 Å². The Morgan fingerprint density at radius 1 is 1.40 bits per heavy atom. The van der Waals surface area contributed by atoms with E-state index in [1.54, 1.807) is 0 Å². The van der Waals surface area contributed by atoms with Crippen LogP contribution in [0.25, 0.3) is 0 Å². The van der Waals surface area contributed by atoms with Crippen molar-refractivity contribution in [3.8, 4) is 0 Å². The first-order valence-corrected chi connectivity index (χ1v) is 4.57. The van der Waals surface area contributed by atoms with Gasteiger partial charge in [-0.2, -0.15) is 0 Å². The van der Waals surface area contributed by atoms with E-state index in [9.17, 15) is 0 Å². The fourth-order valence-electron chi connectivity index (χ4n) is 1.86. The molecule has 0 aliphatic heterocycles. The number of nitrogens with one attached hydrogen (secondary N) is 1. The summed E-state index contributed by atoms with van der Waals surface area (Å²) in [6.45, 7) is 1.09. The summed E-state index contributed by atoms with van der Waals surface area (Å²) < 4.78 is 0. The van der Waals surface area contributed by atoms with Crippen LogP contribution in [0.1, 0.15) is 25.7 Å². The largest absolute Gasteiger partial charge is 0.319 e. The third-order valence-corrected chi connectivity index (χ3v) is 3.07. The highest BCUT2D eigenvalue weighted by Crippen LogP contribution is 2.38. The van der Waals surface area contributed by atoms with Crippen molar-refractivity contribution >= 4 is 11.6 Å². The van der Waals surface area contributed by atoms with Gasteiger partial charge in [0.15, 0.2) is 0 Å².